The summed E-state index contributed by atoms with van der Waals surface area (Å²) in [5.74, 6) is 0.601. The van der Waals surface area contributed by atoms with Crippen LogP contribution in [0.3, 0.4) is 0 Å². The molecule has 1 unspecified atom stereocenters. The molecule has 0 bridgehead atoms. The third kappa shape index (κ3) is 2.25. The van der Waals surface area contributed by atoms with E-state index in [1.165, 1.54) is 12.8 Å². The standard InChI is InChI=1S/C10H18N2O2/c1-11-4-6-12(7-5-11)10(14-8-13)9-2-3-9/h8-10H,2-7H2,1H3. The van der Waals surface area contributed by atoms with Crippen molar-refractivity contribution in [2.45, 2.75) is 19.1 Å². The Labute approximate surface area is 84.8 Å². The molecular weight excluding hydrogens is 180 g/mol. The van der Waals surface area contributed by atoms with Crippen molar-refractivity contribution in [2.24, 2.45) is 5.92 Å². The van der Waals surface area contributed by atoms with Crippen molar-refractivity contribution in [3.8, 4) is 0 Å². The molecule has 1 aliphatic carbocycles. The SMILES string of the molecule is CN1CCN(C(OC=O)C2CC2)CC1. The highest BCUT2D eigenvalue weighted by molar-refractivity contribution is 5.37. The van der Waals surface area contributed by atoms with Gasteiger partial charge in [-0.1, -0.05) is 0 Å². The minimum absolute atomic E-state index is 0.0567. The van der Waals surface area contributed by atoms with E-state index < -0.39 is 0 Å². The monoisotopic (exact) mass is 198 g/mol. The Bertz CT molecular complexity index is 198. The van der Waals surface area contributed by atoms with E-state index >= 15 is 0 Å². The van der Waals surface area contributed by atoms with Gasteiger partial charge in [-0.15, -0.1) is 0 Å². The molecule has 1 aliphatic heterocycles. The van der Waals surface area contributed by atoms with Gasteiger partial charge in [-0.3, -0.25) is 9.69 Å². The highest BCUT2D eigenvalue weighted by Crippen LogP contribution is 2.35. The van der Waals surface area contributed by atoms with Gasteiger partial charge in [0.15, 0.2) is 6.23 Å². The second-order valence-corrected chi connectivity index (χ2v) is 4.30. The highest BCUT2D eigenvalue weighted by Gasteiger charge is 2.37. The zero-order valence-electron chi connectivity index (χ0n) is 8.69. The summed E-state index contributed by atoms with van der Waals surface area (Å²) in [5, 5.41) is 0. The minimum Gasteiger partial charge on any atom is -0.448 e. The topological polar surface area (TPSA) is 32.8 Å². The highest BCUT2D eigenvalue weighted by atomic mass is 16.5. The Kier molecular flexibility index (Phi) is 3.03. The molecule has 80 valence electrons. The molecule has 1 saturated heterocycles. The van der Waals surface area contributed by atoms with Crippen LogP contribution in [0.4, 0.5) is 0 Å². The van der Waals surface area contributed by atoms with Gasteiger partial charge in [-0.25, -0.2) is 0 Å². The Hall–Kier alpha value is -0.610. The third-order valence-corrected chi connectivity index (χ3v) is 3.12. The molecule has 0 aromatic heterocycles. The summed E-state index contributed by atoms with van der Waals surface area (Å²) < 4.78 is 5.17. The lowest BCUT2D eigenvalue weighted by Gasteiger charge is -2.36. The summed E-state index contributed by atoms with van der Waals surface area (Å²) in [6, 6.07) is 0. The van der Waals surface area contributed by atoms with Gasteiger partial charge in [0.25, 0.3) is 6.47 Å². The van der Waals surface area contributed by atoms with Crippen LogP contribution in [0, 0.1) is 5.92 Å². The molecule has 0 N–H and O–H groups in total. The van der Waals surface area contributed by atoms with E-state index in [4.69, 9.17) is 4.74 Å². The van der Waals surface area contributed by atoms with Crippen molar-refractivity contribution in [3.05, 3.63) is 0 Å². The number of likely N-dealkylation sites (N-methyl/N-ethyl adjacent to an activating group) is 1. The van der Waals surface area contributed by atoms with Crippen LogP contribution in [0.5, 0.6) is 0 Å². The number of hydrogen-bond acceptors (Lipinski definition) is 4. The molecule has 1 atom stereocenters. The maximum atomic E-state index is 10.4. The van der Waals surface area contributed by atoms with E-state index in [2.05, 4.69) is 16.8 Å². The molecule has 4 nitrogen and oxygen atoms in total. The van der Waals surface area contributed by atoms with Crippen molar-refractivity contribution >= 4 is 6.47 Å². The fourth-order valence-corrected chi connectivity index (χ4v) is 2.01. The van der Waals surface area contributed by atoms with Crippen LogP contribution >= 0.6 is 0 Å². The third-order valence-electron chi connectivity index (χ3n) is 3.12. The van der Waals surface area contributed by atoms with E-state index in [9.17, 15) is 4.79 Å². The van der Waals surface area contributed by atoms with Gasteiger partial charge >= 0.3 is 0 Å². The zero-order chi connectivity index (χ0) is 9.97. The fourth-order valence-electron chi connectivity index (χ4n) is 2.01. The molecule has 2 rings (SSSR count). The Morgan fingerprint density at radius 3 is 2.43 bits per heavy atom. The smallest absolute Gasteiger partial charge is 0.294 e. The Balaban J connectivity index is 1.86. The molecule has 1 heterocycles. The van der Waals surface area contributed by atoms with Gasteiger partial charge in [0.1, 0.15) is 0 Å². The maximum absolute atomic E-state index is 10.4. The lowest BCUT2D eigenvalue weighted by Crippen LogP contribution is -2.50. The summed E-state index contributed by atoms with van der Waals surface area (Å²) in [6.45, 7) is 4.79. The van der Waals surface area contributed by atoms with E-state index in [-0.39, 0.29) is 6.23 Å². The van der Waals surface area contributed by atoms with Gasteiger partial charge in [-0.2, -0.15) is 0 Å². The lowest BCUT2D eigenvalue weighted by atomic mass is 10.2. The van der Waals surface area contributed by atoms with Crippen LogP contribution in [0.15, 0.2) is 0 Å². The van der Waals surface area contributed by atoms with Crippen molar-refractivity contribution in [1.29, 1.82) is 0 Å². The van der Waals surface area contributed by atoms with E-state index in [1.54, 1.807) is 0 Å². The first-order valence-electron chi connectivity index (χ1n) is 5.33. The number of rotatable bonds is 4. The average Bonchev–Trinajstić information content (AvgIpc) is 2.99. The predicted molar refractivity (Wildman–Crippen MR) is 52.7 cm³/mol. The number of ether oxygens (including phenoxy) is 1. The molecule has 0 aromatic rings. The molecule has 2 fully saturated rings. The summed E-state index contributed by atoms with van der Waals surface area (Å²) in [6.07, 6.45) is 2.48. The second kappa shape index (κ2) is 4.28. The molecule has 0 aromatic carbocycles. The van der Waals surface area contributed by atoms with Crippen molar-refractivity contribution in [1.82, 2.24) is 9.80 Å². The van der Waals surface area contributed by atoms with Crippen molar-refractivity contribution in [3.63, 3.8) is 0 Å². The number of carbonyl (C=O) groups is 1. The van der Waals surface area contributed by atoms with E-state index in [1.807, 2.05) is 0 Å². The second-order valence-electron chi connectivity index (χ2n) is 4.30. The first-order chi connectivity index (χ1) is 6.81. The Morgan fingerprint density at radius 2 is 1.93 bits per heavy atom. The number of nitrogens with zero attached hydrogens (tertiary/aromatic N) is 2. The largest absolute Gasteiger partial charge is 0.448 e. The molecule has 0 amide bonds. The molecule has 4 heteroatoms. The summed E-state index contributed by atoms with van der Waals surface area (Å²) in [5.41, 5.74) is 0. The van der Waals surface area contributed by atoms with E-state index in [0.717, 1.165) is 26.2 Å². The quantitative estimate of drug-likeness (QED) is 0.602. The summed E-state index contributed by atoms with van der Waals surface area (Å²) >= 11 is 0. The fraction of sp³-hybridized carbons (Fsp3) is 0.900. The normalized spacial score (nSPS) is 27.2. The maximum Gasteiger partial charge on any atom is 0.294 e. The molecule has 1 saturated carbocycles. The van der Waals surface area contributed by atoms with Gasteiger partial charge in [0, 0.05) is 32.1 Å². The summed E-state index contributed by atoms with van der Waals surface area (Å²) in [7, 11) is 2.13. The lowest BCUT2D eigenvalue weighted by molar-refractivity contribution is -0.147. The van der Waals surface area contributed by atoms with Crippen LogP contribution in [0.1, 0.15) is 12.8 Å². The number of hydrogen-bond donors (Lipinski definition) is 0. The van der Waals surface area contributed by atoms with Gasteiger partial charge in [-0.05, 0) is 19.9 Å². The van der Waals surface area contributed by atoms with Gasteiger partial charge in [0.2, 0.25) is 0 Å². The molecule has 2 aliphatic rings. The number of piperazine rings is 1. The van der Waals surface area contributed by atoms with Crippen LogP contribution in [-0.2, 0) is 9.53 Å². The first kappa shape index (κ1) is 9.93. The van der Waals surface area contributed by atoms with Crippen LogP contribution in [0.2, 0.25) is 0 Å². The number of carbonyl (C=O) groups excluding carboxylic acids is 1. The summed E-state index contributed by atoms with van der Waals surface area (Å²) in [4.78, 5) is 15.0. The molecule has 14 heavy (non-hydrogen) atoms. The van der Waals surface area contributed by atoms with Crippen LogP contribution in [0.25, 0.3) is 0 Å². The minimum atomic E-state index is 0.0567. The van der Waals surface area contributed by atoms with Crippen LogP contribution < -0.4 is 0 Å². The van der Waals surface area contributed by atoms with E-state index in [0.29, 0.717) is 12.4 Å². The van der Waals surface area contributed by atoms with Crippen molar-refractivity contribution in [2.75, 3.05) is 33.2 Å². The van der Waals surface area contributed by atoms with Gasteiger partial charge in [0.05, 0.1) is 0 Å². The average molecular weight is 198 g/mol. The Morgan fingerprint density at radius 1 is 1.29 bits per heavy atom. The zero-order valence-corrected chi connectivity index (χ0v) is 8.69. The first-order valence-corrected chi connectivity index (χ1v) is 5.33. The molecular formula is C10H18N2O2. The van der Waals surface area contributed by atoms with Crippen LogP contribution in [-0.4, -0.2) is 55.7 Å². The molecule has 0 radical (unpaired) electrons. The van der Waals surface area contributed by atoms with Gasteiger partial charge < -0.3 is 9.64 Å². The van der Waals surface area contributed by atoms with Crippen molar-refractivity contribution < 1.29 is 9.53 Å². The predicted octanol–water partition coefficient (Wildman–Crippen LogP) is 0.143. The molecule has 0 spiro atoms.